The Morgan fingerprint density at radius 3 is 2.44 bits per heavy atom. The van der Waals surface area contributed by atoms with Crippen molar-refractivity contribution in [1.29, 1.82) is 0 Å². The highest BCUT2D eigenvalue weighted by Gasteiger charge is 2.26. The zero-order valence-corrected chi connectivity index (χ0v) is 12.8. The largest absolute Gasteiger partial charge is 0.491 e. The number of rotatable bonds is 4. The van der Waals surface area contributed by atoms with Crippen molar-refractivity contribution in [3.63, 3.8) is 0 Å². The summed E-state index contributed by atoms with van der Waals surface area (Å²) in [6, 6.07) is 3.57. The van der Waals surface area contributed by atoms with Crippen molar-refractivity contribution in [2.75, 3.05) is 6.61 Å². The van der Waals surface area contributed by atoms with E-state index in [0.29, 0.717) is 12.4 Å². The third-order valence-corrected chi connectivity index (χ3v) is 5.28. The van der Waals surface area contributed by atoms with Crippen molar-refractivity contribution in [2.45, 2.75) is 33.0 Å². The Morgan fingerprint density at radius 2 is 1.94 bits per heavy atom. The van der Waals surface area contributed by atoms with E-state index < -0.39 is 8.07 Å². The van der Waals surface area contributed by atoms with Gasteiger partial charge in [0.2, 0.25) is 0 Å². The molecule has 1 aromatic rings. The van der Waals surface area contributed by atoms with Crippen LogP contribution in [0.1, 0.15) is 13.3 Å². The van der Waals surface area contributed by atoms with Gasteiger partial charge in [0, 0.05) is 4.47 Å². The smallest absolute Gasteiger partial charge is 0.165 e. The van der Waals surface area contributed by atoms with E-state index in [4.69, 9.17) is 4.74 Å². The molecule has 0 spiro atoms. The molecule has 4 heteroatoms. The van der Waals surface area contributed by atoms with Crippen molar-refractivity contribution >= 4 is 29.2 Å². The highest BCUT2D eigenvalue weighted by atomic mass is 79.9. The minimum atomic E-state index is -1.69. The van der Waals surface area contributed by atoms with Gasteiger partial charge in [0.15, 0.2) is 11.6 Å². The fourth-order valence-corrected chi connectivity index (χ4v) is 5.22. The summed E-state index contributed by atoms with van der Waals surface area (Å²) in [6.07, 6.45) is 0.887. The van der Waals surface area contributed by atoms with Crippen LogP contribution in [-0.2, 0) is 0 Å². The Labute approximate surface area is 106 Å². The highest BCUT2D eigenvalue weighted by Crippen LogP contribution is 2.23. The molecule has 16 heavy (non-hydrogen) atoms. The Bertz CT molecular complexity index is 374. The summed E-state index contributed by atoms with van der Waals surface area (Å²) in [5.41, 5.74) is 0. The van der Waals surface area contributed by atoms with Gasteiger partial charge in [0.1, 0.15) is 0 Å². The molecule has 0 saturated carbocycles. The van der Waals surface area contributed by atoms with Gasteiger partial charge in [-0.25, -0.2) is 4.39 Å². The first-order valence-electron chi connectivity index (χ1n) is 5.49. The lowest BCUT2D eigenvalue weighted by Gasteiger charge is -2.21. The number of hydrogen-bond donors (Lipinski definition) is 0. The molecule has 0 aromatic heterocycles. The number of hydrogen-bond acceptors (Lipinski definition) is 1. The van der Waals surface area contributed by atoms with Gasteiger partial charge in [-0.15, -0.1) is 0 Å². The van der Waals surface area contributed by atoms with E-state index in [2.05, 4.69) is 35.6 Å². The molecule has 0 amide bonds. The average Bonchev–Trinajstić information content (AvgIpc) is 2.14. The Morgan fingerprint density at radius 1 is 1.31 bits per heavy atom. The average molecular weight is 305 g/mol. The van der Waals surface area contributed by atoms with Crippen molar-refractivity contribution in [2.24, 2.45) is 0 Å². The second-order valence-electron chi connectivity index (χ2n) is 4.83. The minimum absolute atomic E-state index is 0.193. The lowest BCUT2D eigenvalue weighted by Crippen LogP contribution is -2.41. The molecule has 1 rings (SSSR count). The Kier molecular flexibility index (Phi) is 4.56. The summed E-state index contributed by atoms with van der Waals surface area (Å²) in [6.45, 7) is 8.94. The first kappa shape index (κ1) is 13.7. The quantitative estimate of drug-likeness (QED) is 0.766. The van der Waals surface area contributed by atoms with Gasteiger partial charge in [-0.2, -0.15) is 0 Å². The standard InChI is InChI=1S/C12H18BrFOSi/c1-5-8-15-10-7-6-9(13)12(11(10)14)16(2,3)4/h6-7H,5,8H2,1-4H3. The predicted molar refractivity (Wildman–Crippen MR) is 72.9 cm³/mol. The van der Waals surface area contributed by atoms with E-state index in [0.717, 1.165) is 16.1 Å². The molecule has 0 aliphatic heterocycles. The van der Waals surface area contributed by atoms with Gasteiger partial charge in [0.25, 0.3) is 0 Å². The van der Waals surface area contributed by atoms with Crippen molar-refractivity contribution in [1.82, 2.24) is 0 Å². The van der Waals surface area contributed by atoms with E-state index in [1.807, 2.05) is 13.0 Å². The first-order valence-corrected chi connectivity index (χ1v) is 9.78. The number of ether oxygens (including phenoxy) is 1. The zero-order chi connectivity index (χ0) is 12.3. The van der Waals surface area contributed by atoms with Crippen LogP contribution in [0.3, 0.4) is 0 Å². The Hall–Kier alpha value is -0.353. The van der Waals surface area contributed by atoms with Gasteiger partial charge >= 0.3 is 0 Å². The summed E-state index contributed by atoms with van der Waals surface area (Å²) < 4.78 is 20.5. The van der Waals surface area contributed by atoms with Crippen molar-refractivity contribution in [3.8, 4) is 5.75 Å². The van der Waals surface area contributed by atoms with Gasteiger partial charge in [0.05, 0.1) is 14.7 Å². The monoisotopic (exact) mass is 304 g/mol. The van der Waals surface area contributed by atoms with Crippen LogP contribution in [0, 0.1) is 5.82 Å². The van der Waals surface area contributed by atoms with E-state index in [1.54, 1.807) is 6.07 Å². The molecule has 0 aliphatic rings. The maximum absolute atomic E-state index is 14.2. The number of halogens is 2. The molecular formula is C12H18BrFOSi. The predicted octanol–water partition coefficient (Wildman–Crippen LogP) is 3.92. The van der Waals surface area contributed by atoms with E-state index in [1.165, 1.54) is 0 Å². The highest BCUT2D eigenvalue weighted by molar-refractivity contribution is 9.10. The summed E-state index contributed by atoms with van der Waals surface area (Å²) in [7, 11) is -1.69. The molecule has 0 heterocycles. The van der Waals surface area contributed by atoms with Crippen LogP contribution in [0.15, 0.2) is 16.6 Å². The molecule has 0 unspecified atom stereocenters. The van der Waals surface area contributed by atoms with Crippen LogP contribution < -0.4 is 9.92 Å². The SMILES string of the molecule is CCCOc1ccc(Br)c([Si](C)(C)C)c1F. The lowest BCUT2D eigenvalue weighted by molar-refractivity contribution is 0.302. The molecular weight excluding hydrogens is 287 g/mol. The molecule has 0 fully saturated rings. The summed E-state index contributed by atoms with van der Waals surface area (Å²) in [5, 5.41) is 0.807. The molecule has 1 nitrogen and oxygen atoms in total. The van der Waals surface area contributed by atoms with Gasteiger partial charge in [-0.3, -0.25) is 0 Å². The molecule has 0 atom stereocenters. The molecule has 0 bridgehead atoms. The van der Waals surface area contributed by atoms with Crippen LogP contribution in [0.2, 0.25) is 19.6 Å². The topological polar surface area (TPSA) is 9.23 Å². The molecule has 0 N–H and O–H groups in total. The zero-order valence-electron chi connectivity index (χ0n) is 10.2. The lowest BCUT2D eigenvalue weighted by atomic mass is 10.3. The van der Waals surface area contributed by atoms with Gasteiger partial charge in [-0.1, -0.05) is 42.5 Å². The maximum atomic E-state index is 14.2. The summed E-state index contributed by atoms with van der Waals surface area (Å²) >= 11 is 3.42. The Balaban J connectivity index is 3.17. The maximum Gasteiger partial charge on any atom is 0.165 e. The molecule has 90 valence electrons. The minimum Gasteiger partial charge on any atom is -0.491 e. The van der Waals surface area contributed by atoms with Gasteiger partial charge < -0.3 is 4.74 Å². The van der Waals surface area contributed by atoms with Crippen LogP contribution in [-0.4, -0.2) is 14.7 Å². The molecule has 0 radical (unpaired) electrons. The molecule has 0 saturated heterocycles. The molecule has 1 aromatic carbocycles. The first-order chi connectivity index (χ1) is 7.38. The second kappa shape index (κ2) is 5.32. The van der Waals surface area contributed by atoms with Crippen LogP contribution in [0.5, 0.6) is 5.75 Å². The van der Waals surface area contributed by atoms with Crippen LogP contribution in [0.25, 0.3) is 0 Å². The third-order valence-electron chi connectivity index (χ3n) is 2.27. The summed E-state index contributed by atoms with van der Waals surface area (Å²) in [4.78, 5) is 0. The van der Waals surface area contributed by atoms with Gasteiger partial charge in [-0.05, 0) is 23.7 Å². The number of benzene rings is 1. The van der Waals surface area contributed by atoms with Crippen LogP contribution in [0.4, 0.5) is 4.39 Å². The summed E-state index contributed by atoms with van der Waals surface area (Å²) in [5.74, 6) is 0.185. The van der Waals surface area contributed by atoms with E-state index in [-0.39, 0.29) is 5.82 Å². The van der Waals surface area contributed by atoms with Crippen molar-refractivity contribution < 1.29 is 9.13 Å². The third kappa shape index (κ3) is 3.07. The van der Waals surface area contributed by atoms with Crippen LogP contribution >= 0.6 is 15.9 Å². The van der Waals surface area contributed by atoms with Crippen molar-refractivity contribution in [3.05, 3.63) is 22.4 Å². The second-order valence-corrected chi connectivity index (χ2v) is 10.7. The fourth-order valence-electron chi connectivity index (χ4n) is 1.54. The normalized spacial score (nSPS) is 11.6. The van der Waals surface area contributed by atoms with E-state index >= 15 is 0 Å². The molecule has 0 aliphatic carbocycles. The fraction of sp³-hybridized carbons (Fsp3) is 0.500. The van der Waals surface area contributed by atoms with E-state index in [9.17, 15) is 4.39 Å².